The van der Waals surface area contributed by atoms with Crippen LogP contribution >= 0.6 is 0 Å². The van der Waals surface area contributed by atoms with Gasteiger partial charge in [0.1, 0.15) is 0 Å². The second kappa shape index (κ2) is 6.62. The predicted octanol–water partition coefficient (Wildman–Crippen LogP) is 1.55. The highest BCUT2D eigenvalue weighted by atomic mass is 32.2. The van der Waals surface area contributed by atoms with Crippen molar-refractivity contribution >= 4 is 21.7 Å². The molecule has 146 valence electrons. The number of nitrogens with zero attached hydrogens (tertiary/aromatic N) is 2. The van der Waals surface area contributed by atoms with Gasteiger partial charge in [0.2, 0.25) is 5.91 Å². The molecule has 1 aliphatic carbocycles. The molecule has 3 aliphatic rings. The minimum absolute atomic E-state index is 0.0350. The number of piperazine rings is 1. The summed E-state index contributed by atoms with van der Waals surface area (Å²) in [5.74, 6) is -0.109. The van der Waals surface area contributed by atoms with Crippen LogP contribution in [-0.4, -0.2) is 66.7 Å². The van der Waals surface area contributed by atoms with Crippen molar-refractivity contribution in [2.24, 2.45) is 5.92 Å². The Morgan fingerprint density at radius 2 is 1.48 bits per heavy atom. The fourth-order valence-electron chi connectivity index (χ4n) is 4.63. The van der Waals surface area contributed by atoms with Gasteiger partial charge in [-0.3, -0.25) is 9.59 Å². The van der Waals surface area contributed by atoms with Crippen molar-refractivity contribution in [3.63, 3.8) is 0 Å². The van der Waals surface area contributed by atoms with Gasteiger partial charge in [0.25, 0.3) is 5.91 Å². The summed E-state index contributed by atoms with van der Waals surface area (Å²) in [6, 6.07) is 4.85. The lowest BCUT2D eigenvalue weighted by atomic mass is 9.83. The molecule has 4 rings (SSSR count). The third-order valence-corrected chi connectivity index (χ3v) is 7.84. The summed E-state index contributed by atoms with van der Waals surface area (Å²) in [4.78, 5) is 29.4. The Kier molecular flexibility index (Phi) is 4.53. The van der Waals surface area contributed by atoms with Crippen molar-refractivity contribution in [1.82, 2.24) is 9.80 Å². The van der Waals surface area contributed by atoms with Gasteiger partial charge in [0, 0.05) is 24.6 Å². The van der Waals surface area contributed by atoms with E-state index in [1.807, 2.05) is 32.0 Å². The molecule has 2 unspecified atom stereocenters. The van der Waals surface area contributed by atoms with E-state index >= 15 is 0 Å². The fraction of sp³-hybridized carbons (Fsp3) is 0.600. The zero-order valence-corrected chi connectivity index (χ0v) is 16.7. The lowest BCUT2D eigenvalue weighted by molar-refractivity contribution is -0.143. The maximum Gasteiger partial charge on any atom is 0.254 e. The Hall–Kier alpha value is -1.89. The minimum atomic E-state index is -3.26. The molecule has 0 radical (unpaired) electrons. The number of rotatable bonds is 2. The second-order valence-electron chi connectivity index (χ2n) is 8.25. The van der Waals surface area contributed by atoms with Gasteiger partial charge >= 0.3 is 0 Å². The molecule has 0 bridgehead atoms. The average Bonchev–Trinajstić information content (AvgIpc) is 2.85. The Balaban J connectivity index is 1.62. The average molecular weight is 391 g/mol. The van der Waals surface area contributed by atoms with E-state index in [0.717, 1.165) is 30.4 Å². The van der Waals surface area contributed by atoms with Gasteiger partial charge in [0.15, 0.2) is 9.84 Å². The third kappa shape index (κ3) is 3.37. The maximum atomic E-state index is 13.2. The first kappa shape index (κ1) is 18.5. The van der Waals surface area contributed by atoms with Crippen molar-refractivity contribution in [3.8, 4) is 0 Å². The van der Waals surface area contributed by atoms with Crippen LogP contribution in [-0.2, 0) is 14.6 Å². The normalized spacial score (nSPS) is 27.2. The topological polar surface area (TPSA) is 74.8 Å². The second-order valence-corrected chi connectivity index (χ2v) is 10.4. The van der Waals surface area contributed by atoms with Crippen LogP contribution in [0.2, 0.25) is 0 Å². The minimum Gasteiger partial charge on any atom is -0.335 e. The summed E-state index contributed by atoms with van der Waals surface area (Å²) in [7, 11) is -3.26. The van der Waals surface area contributed by atoms with Crippen molar-refractivity contribution in [2.45, 2.75) is 45.2 Å². The number of hydrogen-bond acceptors (Lipinski definition) is 4. The molecular weight excluding hydrogens is 364 g/mol. The number of hydrogen-bond donors (Lipinski definition) is 0. The van der Waals surface area contributed by atoms with Gasteiger partial charge in [-0.15, -0.1) is 0 Å². The van der Waals surface area contributed by atoms with Crippen LogP contribution in [0.15, 0.2) is 18.2 Å². The largest absolute Gasteiger partial charge is 0.335 e. The van der Waals surface area contributed by atoms with Crippen LogP contribution in [0.5, 0.6) is 0 Å². The van der Waals surface area contributed by atoms with Gasteiger partial charge < -0.3 is 9.80 Å². The van der Waals surface area contributed by atoms with Crippen LogP contribution in [0.1, 0.15) is 40.7 Å². The van der Waals surface area contributed by atoms with Crippen LogP contribution in [0.3, 0.4) is 0 Å². The van der Waals surface area contributed by atoms with E-state index in [4.69, 9.17) is 0 Å². The maximum absolute atomic E-state index is 13.2. The number of sulfone groups is 1. The number of amides is 2. The number of carbonyl (C=O) groups is 2. The highest BCUT2D eigenvalue weighted by Crippen LogP contribution is 2.34. The van der Waals surface area contributed by atoms with Crippen molar-refractivity contribution < 1.29 is 18.0 Å². The van der Waals surface area contributed by atoms with E-state index in [2.05, 4.69) is 0 Å². The Morgan fingerprint density at radius 1 is 0.926 bits per heavy atom. The highest BCUT2D eigenvalue weighted by Gasteiger charge is 2.50. The number of carbonyl (C=O) groups excluding carboxylic acids is 2. The molecule has 1 aromatic rings. The van der Waals surface area contributed by atoms with E-state index in [1.165, 1.54) is 0 Å². The summed E-state index contributed by atoms with van der Waals surface area (Å²) in [5.41, 5.74) is 2.61. The predicted molar refractivity (Wildman–Crippen MR) is 102 cm³/mol. The molecule has 0 N–H and O–H groups in total. The monoisotopic (exact) mass is 390 g/mol. The molecule has 3 fully saturated rings. The van der Waals surface area contributed by atoms with E-state index in [0.29, 0.717) is 18.7 Å². The third-order valence-electron chi connectivity index (χ3n) is 6.14. The summed E-state index contributed by atoms with van der Waals surface area (Å²) in [5, 5.41) is 0. The molecular formula is C20H26N2O4S. The zero-order valence-electron chi connectivity index (χ0n) is 15.8. The lowest BCUT2D eigenvalue weighted by Gasteiger charge is -2.45. The molecule has 0 spiro atoms. The highest BCUT2D eigenvalue weighted by molar-refractivity contribution is 7.91. The summed E-state index contributed by atoms with van der Waals surface area (Å²) >= 11 is 0. The number of aryl methyl sites for hydroxylation is 2. The molecule has 0 aromatic heterocycles. The van der Waals surface area contributed by atoms with Crippen LogP contribution in [0.4, 0.5) is 0 Å². The van der Waals surface area contributed by atoms with Crippen molar-refractivity contribution in [3.05, 3.63) is 34.9 Å². The smallest absolute Gasteiger partial charge is 0.254 e. The van der Waals surface area contributed by atoms with E-state index < -0.39 is 21.9 Å². The Labute approximate surface area is 160 Å². The molecule has 2 aliphatic heterocycles. The molecule has 1 aromatic carbocycles. The van der Waals surface area contributed by atoms with Gasteiger partial charge in [-0.05, 0) is 38.8 Å². The molecule has 6 nitrogen and oxygen atoms in total. The first-order valence-electron chi connectivity index (χ1n) is 9.65. The summed E-state index contributed by atoms with van der Waals surface area (Å²) in [6.07, 6.45) is 2.85. The number of benzene rings is 1. The molecule has 7 heteroatoms. The van der Waals surface area contributed by atoms with Crippen molar-refractivity contribution in [1.29, 1.82) is 0 Å². The number of fused-ring (bicyclic) bond motifs is 1. The molecule has 2 heterocycles. The van der Waals surface area contributed by atoms with Crippen LogP contribution in [0.25, 0.3) is 0 Å². The zero-order chi connectivity index (χ0) is 19.3. The molecule has 2 saturated heterocycles. The lowest BCUT2D eigenvalue weighted by Crippen LogP contribution is -2.63. The van der Waals surface area contributed by atoms with Crippen LogP contribution < -0.4 is 0 Å². The van der Waals surface area contributed by atoms with Gasteiger partial charge in [-0.25, -0.2) is 8.42 Å². The summed E-state index contributed by atoms with van der Waals surface area (Å²) in [6.45, 7) is 4.70. The SMILES string of the molecule is Cc1cc(C)cc(C(=O)N2CCN(C(=O)C3CCC3)C3CS(=O)(=O)CC32)c1. The first-order chi connectivity index (χ1) is 12.7. The van der Waals surface area contributed by atoms with E-state index in [1.54, 1.807) is 9.80 Å². The first-order valence-corrected chi connectivity index (χ1v) is 11.5. The molecule has 27 heavy (non-hydrogen) atoms. The summed E-state index contributed by atoms with van der Waals surface area (Å²) < 4.78 is 24.7. The van der Waals surface area contributed by atoms with Crippen molar-refractivity contribution in [2.75, 3.05) is 24.6 Å². The standard InChI is InChI=1S/C20H26N2O4S/c1-13-8-14(2)10-16(9-13)20(24)22-7-6-21(19(23)15-4-3-5-15)17-11-27(25,26)12-18(17)22/h8-10,15,17-18H,3-7,11-12H2,1-2H3. The molecule has 2 atom stereocenters. The Bertz CT molecular complexity index is 871. The van der Waals surface area contributed by atoms with Gasteiger partial charge in [-0.2, -0.15) is 0 Å². The van der Waals surface area contributed by atoms with E-state index in [9.17, 15) is 18.0 Å². The fourth-order valence-corrected chi connectivity index (χ4v) is 6.61. The molecule has 1 saturated carbocycles. The van der Waals surface area contributed by atoms with E-state index in [-0.39, 0.29) is 29.2 Å². The quantitative estimate of drug-likeness (QED) is 0.768. The molecule has 2 amide bonds. The van der Waals surface area contributed by atoms with Crippen LogP contribution in [0, 0.1) is 19.8 Å². The van der Waals surface area contributed by atoms with Gasteiger partial charge in [-0.1, -0.05) is 23.6 Å². The van der Waals surface area contributed by atoms with Gasteiger partial charge in [0.05, 0.1) is 23.6 Å². The Morgan fingerprint density at radius 3 is 2.04 bits per heavy atom.